The fourth-order valence-electron chi connectivity index (χ4n) is 1.40. The highest BCUT2D eigenvalue weighted by Gasteiger charge is 2.36. The number of alkyl halides is 3. The number of rotatable bonds is 1. The molecule has 1 aliphatic rings. The molecule has 0 fully saturated rings. The van der Waals surface area contributed by atoms with Gasteiger partial charge >= 0.3 is 11.4 Å². The molecule has 1 aromatic rings. The van der Waals surface area contributed by atoms with Crippen molar-refractivity contribution in [1.82, 2.24) is 0 Å². The largest absolute Gasteiger partial charge is 0.741 e. The molecule has 6 nitrogen and oxygen atoms in total. The maximum Gasteiger partial charge on any atom is 0.485 e. The summed E-state index contributed by atoms with van der Waals surface area (Å²) < 4.78 is 66.4. The zero-order valence-electron chi connectivity index (χ0n) is 10.8. The van der Waals surface area contributed by atoms with Crippen molar-refractivity contribution in [3.8, 4) is 5.75 Å². The molecule has 1 heterocycles. The van der Waals surface area contributed by atoms with Crippen LogP contribution in [0.1, 0.15) is 5.56 Å². The van der Waals surface area contributed by atoms with Crippen molar-refractivity contribution in [2.45, 2.75) is 5.51 Å². The van der Waals surface area contributed by atoms with Crippen LogP contribution in [0.4, 0.5) is 13.2 Å². The molecule has 1 N–H and O–H groups in total. The molecule has 0 atom stereocenters. The Morgan fingerprint density at radius 3 is 2.10 bits per heavy atom. The normalized spacial score (nSPS) is 15.3. The molecule has 10 heteroatoms. The Morgan fingerprint density at radius 1 is 1.29 bits per heavy atom. The molecule has 0 radical (unpaired) electrons. The van der Waals surface area contributed by atoms with Crippen LogP contribution in [0.3, 0.4) is 0 Å². The van der Waals surface area contributed by atoms with E-state index in [0.29, 0.717) is 0 Å². The van der Waals surface area contributed by atoms with Gasteiger partial charge in [-0.2, -0.15) is 17.7 Å². The van der Waals surface area contributed by atoms with E-state index in [9.17, 15) is 13.2 Å². The second kappa shape index (κ2) is 6.31. The monoisotopic (exact) mass is 327 g/mol. The number of likely N-dealkylation sites (N-methyl/N-ethyl adjacent to an activating group) is 1. The van der Waals surface area contributed by atoms with E-state index in [1.165, 1.54) is 0 Å². The Balaban J connectivity index is 0.000000240. The summed E-state index contributed by atoms with van der Waals surface area (Å²) in [6, 6.07) is 7.04. The van der Waals surface area contributed by atoms with E-state index in [1.54, 1.807) is 12.1 Å². The lowest BCUT2D eigenvalue weighted by Crippen LogP contribution is -2.21. The van der Waals surface area contributed by atoms with Gasteiger partial charge in [-0.1, -0.05) is 0 Å². The van der Waals surface area contributed by atoms with Gasteiger partial charge in [0.15, 0.2) is 23.3 Å². The van der Waals surface area contributed by atoms with Crippen molar-refractivity contribution in [3.63, 3.8) is 0 Å². The number of halogens is 3. The van der Waals surface area contributed by atoms with Gasteiger partial charge in [0.1, 0.15) is 12.8 Å². The first kappa shape index (κ1) is 17.2. The Labute approximate surface area is 118 Å². The van der Waals surface area contributed by atoms with Crippen molar-refractivity contribution >= 4 is 16.0 Å². The summed E-state index contributed by atoms with van der Waals surface area (Å²) in [6.07, 6.45) is 0. The molecule has 0 unspecified atom stereocenters. The van der Waals surface area contributed by atoms with E-state index in [2.05, 4.69) is 4.58 Å². The molecule has 0 saturated heterocycles. The first-order chi connectivity index (χ1) is 9.52. The summed E-state index contributed by atoms with van der Waals surface area (Å²) in [4.78, 5) is 0. The van der Waals surface area contributed by atoms with E-state index in [0.717, 1.165) is 24.6 Å². The second-order valence-corrected chi connectivity index (χ2v) is 5.39. The van der Waals surface area contributed by atoms with Gasteiger partial charge in [0.2, 0.25) is 0 Å². The molecule has 1 aliphatic heterocycles. The average Bonchev–Trinajstić information content (AvgIpc) is 2.75. The quantitative estimate of drug-likeness (QED) is 0.469. The van der Waals surface area contributed by atoms with Gasteiger partial charge in [0, 0.05) is 0 Å². The molecule has 0 amide bonds. The van der Waals surface area contributed by atoms with Crippen LogP contribution in [-0.4, -0.2) is 54.3 Å². The maximum atomic E-state index is 10.7. The van der Waals surface area contributed by atoms with E-state index >= 15 is 0 Å². The van der Waals surface area contributed by atoms with Gasteiger partial charge in [-0.3, -0.25) is 0 Å². The molecule has 0 aliphatic carbocycles. The zero-order chi connectivity index (χ0) is 16.3. The molecule has 0 bridgehead atoms. The maximum absolute atomic E-state index is 10.7. The van der Waals surface area contributed by atoms with Gasteiger partial charge in [0.05, 0.1) is 5.56 Å². The van der Waals surface area contributed by atoms with Crippen molar-refractivity contribution in [3.05, 3.63) is 29.8 Å². The smallest absolute Gasteiger partial charge is 0.485 e. The number of aromatic hydroxyl groups is 1. The molecule has 0 saturated carbocycles. The molecule has 21 heavy (non-hydrogen) atoms. The molecule has 0 spiro atoms. The lowest BCUT2D eigenvalue weighted by atomic mass is 10.2. The van der Waals surface area contributed by atoms with Crippen molar-refractivity contribution in [2.24, 2.45) is 0 Å². The van der Waals surface area contributed by atoms with Gasteiger partial charge in [-0.05, 0) is 24.3 Å². The number of nitrogens with zero attached hydrogens (tertiary/aromatic N) is 1. The third-order valence-electron chi connectivity index (χ3n) is 2.41. The third kappa shape index (κ3) is 4.90. The number of phenolic OH excluding ortho intramolecular Hbond substituents is 1. The van der Waals surface area contributed by atoms with Crippen LogP contribution in [0.25, 0.3) is 0 Å². The third-order valence-corrected chi connectivity index (χ3v) is 2.98. The first-order valence-electron chi connectivity index (χ1n) is 5.55. The summed E-state index contributed by atoms with van der Waals surface area (Å²) in [5.74, 6) is 1.17. The predicted molar refractivity (Wildman–Crippen MR) is 65.0 cm³/mol. The first-order valence-corrected chi connectivity index (χ1v) is 6.95. The van der Waals surface area contributed by atoms with E-state index in [4.69, 9.17) is 22.8 Å². The molecule has 118 valence electrons. The number of benzene rings is 1. The minimum absolute atomic E-state index is 0.282. The van der Waals surface area contributed by atoms with Crippen LogP contribution in [-0.2, 0) is 14.9 Å². The minimum atomic E-state index is -6.09. The van der Waals surface area contributed by atoms with Crippen molar-refractivity contribution < 1.29 is 40.6 Å². The van der Waals surface area contributed by atoms with Crippen LogP contribution in [0, 0.1) is 0 Å². The number of phenols is 1. The summed E-state index contributed by atoms with van der Waals surface area (Å²) in [7, 11) is -4.10. The lowest BCUT2D eigenvalue weighted by molar-refractivity contribution is -0.486. The Morgan fingerprint density at radius 2 is 1.76 bits per heavy atom. The molecular weight excluding hydrogens is 315 g/mol. The van der Waals surface area contributed by atoms with E-state index in [1.807, 2.05) is 19.2 Å². The predicted octanol–water partition coefficient (Wildman–Crippen LogP) is 0.863. The topological polar surface area (TPSA) is 89.7 Å². The summed E-state index contributed by atoms with van der Waals surface area (Å²) in [5, 5.41) is 9.10. The summed E-state index contributed by atoms with van der Waals surface area (Å²) >= 11 is 0. The van der Waals surface area contributed by atoms with Crippen LogP contribution < -0.4 is 0 Å². The van der Waals surface area contributed by atoms with Crippen LogP contribution >= 0.6 is 0 Å². The lowest BCUT2D eigenvalue weighted by Gasteiger charge is -2.08. The van der Waals surface area contributed by atoms with Crippen LogP contribution in [0.15, 0.2) is 24.3 Å². The number of ether oxygens (including phenoxy) is 1. The Hall–Kier alpha value is -1.81. The highest BCUT2D eigenvalue weighted by Crippen LogP contribution is 2.20. The zero-order valence-corrected chi connectivity index (χ0v) is 11.6. The second-order valence-electron chi connectivity index (χ2n) is 4.02. The van der Waals surface area contributed by atoms with Crippen molar-refractivity contribution in [2.75, 3.05) is 20.2 Å². The fourth-order valence-corrected chi connectivity index (χ4v) is 1.40. The SMILES string of the molecule is C[N+]1=C(c2ccc(O)cc2)OCC1.O=S(=O)([O-])C(F)(F)F. The highest BCUT2D eigenvalue weighted by molar-refractivity contribution is 7.86. The average molecular weight is 327 g/mol. The Kier molecular flexibility index (Phi) is 5.18. The standard InChI is InChI=1S/C10H11NO2.CHF3O3S/c1-11-6-7-13-10(11)8-2-4-9(12)5-3-8;2-1(3,4)8(5,6)7/h2-5H,6-7H2,1H3;(H,5,6,7). The highest BCUT2D eigenvalue weighted by atomic mass is 32.2. The molecule has 0 aromatic heterocycles. The van der Waals surface area contributed by atoms with Gasteiger partial charge in [0.25, 0.3) is 0 Å². The molecule has 2 rings (SSSR count). The van der Waals surface area contributed by atoms with E-state index < -0.39 is 15.6 Å². The van der Waals surface area contributed by atoms with Gasteiger partial charge < -0.3 is 14.4 Å². The van der Waals surface area contributed by atoms with Crippen LogP contribution in [0.5, 0.6) is 5.75 Å². The number of hydrogen-bond acceptors (Lipinski definition) is 5. The molecule has 1 aromatic carbocycles. The fraction of sp³-hybridized carbons (Fsp3) is 0.364. The minimum Gasteiger partial charge on any atom is -0.741 e. The Bertz CT molecular complexity index is 622. The number of hydrogen-bond donors (Lipinski definition) is 1. The van der Waals surface area contributed by atoms with Crippen molar-refractivity contribution in [1.29, 1.82) is 0 Å². The van der Waals surface area contributed by atoms with Gasteiger partial charge in [-0.15, -0.1) is 0 Å². The molecular formula is C11H12F3NO5S. The summed E-state index contributed by atoms with van der Waals surface area (Å²) in [5.41, 5.74) is -4.63. The van der Waals surface area contributed by atoms with Crippen LogP contribution in [0.2, 0.25) is 0 Å². The summed E-state index contributed by atoms with van der Waals surface area (Å²) in [6.45, 7) is 1.67. The van der Waals surface area contributed by atoms with E-state index in [-0.39, 0.29) is 5.75 Å². The van der Waals surface area contributed by atoms with Gasteiger partial charge in [-0.25, -0.2) is 8.42 Å².